The van der Waals surface area contributed by atoms with Gasteiger partial charge in [-0.15, -0.1) is 0 Å². The fraction of sp³-hybridized carbons (Fsp3) is 0.400. The molecule has 0 saturated carbocycles. The van der Waals surface area contributed by atoms with Crippen LogP contribution in [0.5, 0.6) is 11.5 Å². The molecule has 1 aliphatic heterocycles. The molecule has 2 unspecified atom stereocenters. The molecule has 2 aromatic rings. The lowest BCUT2D eigenvalue weighted by atomic mass is 9.94. The number of rotatable bonds is 5. The summed E-state index contributed by atoms with van der Waals surface area (Å²) >= 11 is 0. The van der Waals surface area contributed by atoms with E-state index in [0.717, 1.165) is 12.2 Å². The molecule has 0 aliphatic carbocycles. The molecule has 3 rings (SSSR count). The van der Waals surface area contributed by atoms with Crippen LogP contribution >= 0.6 is 0 Å². The number of likely N-dealkylation sites (tertiary alicyclic amines) is 1. The Morgan fingerprint density at radius 2 is 1.83 bits per heavy atom. The Morgan fingerprint density at radius 1 is 1.09 bits per heavy atom. The van der Waals surface area contributed by atoms with E-state index in [1.165, 1.54) is 31.4 Å². The second-order valence-electron chi connectivity index (χ2n) is 6.38. The first-order chi connectivity index (χ1) is 11.2. The molecule has 1 fully saturated rings. The third kappa shape index (κ3) is 4.26. The molecule has 3 nitrogen and oxygen atoms in total. The first-order valence-corrected chi connectivity index (χ1v) is 8.43. The van der Waals surface area contributed by atoms with Crippen LogP contribution in [0.2, 0.25) is 0 Å². The third-order valence-corrected chi connectivity index (χ3v) is 4.69. The number of hydrogen-bond donors (Lipinski definition) is 1. The fourth-order valence-corrected chi connectivity index (χ4v) is 3.30. The highest BCUT2D eigenvalue weighted by molar-refractivity contribution is 5.31. The van der Waals surface area contributed by atoms with Crippen LogP contribution in [0.25, 0.3) is 0 Å². The molecule has 2 atom stereocenters. The Kier molecular flexibility index (Phi) is 5.19. The summed E-state index contributed by atoms with van der Waals surface area (Å²) in [7, 11) is 2.21. The maximum Gasteiger partial charge on any atom is 0.125 e. The van der Waals surface area contributed by atoms with Crippen LogP contribution in [0.15, 0.2) is 54.6 Å². The van der Waals surface area contributed by atoms with E-state index in [0.29, 0.717) is 6.04 Å². The lowest BCUT2D eigenvalue weighted by molar-refractivity contribution is 0.109. The van der Waals surface area contributed by atoms with Gasteiger partial charge in [-0.3, -0.25) is 0 Å². The van der Waals surface area contributed by atoms with Crippen molar-refractivity contribution in [2.75, 3.05) is 13.6 Å². The van der Waals surface area contributed by atoms with Crippen molar-refractivity contribution in [1.29, 1.82) is 0 Å². The smallest absolute Gasteiger partial charge is 0.125 e. The van der Waals surface area contributed by atoms with Gasteiger partial charge in [0.25, 0.3) is 0 Å². The summed E-state index contributed by atoms with van der Waals surface area (Å²) in [5, 5.41) is 9.44. The predicted octanol–water partition coefficient (Wildman–Crippen LogP) is 4.39. The second-order valence-corrected chi connectivity index (χ2v) is 6.38. The highest BCUT2D eigenvalue weighted by atomic mass is 16.5. The highest BCUT2D eigenvalue weighted by Crippen LogP contribution is 2.30. The van der Waals surface area contributed by atoms with Crippen molar-refractivity contribution < 1.29 is 9.84 Å². The topological polar surface area (TPSA) is 32.7 Å². The van der Waals surface area contributed by atoms with Crippen LogP contribution in [-0.2, 0) is 0 Å². The zero-order valence-electron chi connectivity index (χ0n) is 13.7. The second kappa shape index (κ2) is 7.51. The zero-order valence-corrected chi connectivity index (χ0v) is 13.7. The molecule has 3 heteroatoms. The van der Waals surface area contributed by atoms with Crippen LogP contribution < -0.4 is 4.74 Å². The molecule has 0 bridgehead atoms. The molecule has 1 saturated heterocycles. The average Bonchev–Trinajstić information content (AvgIpc) is 2.59. The molecule has 1 aliphatic rings. The van der Waals surface area contributed by atoms with Gasteiger partial charge in [0.05, 0.1) is 0 Å². The Labute approximate surface area is 138 Å². The van der Waals surface area contributed by atoms with Gasteiger partial charge in [0.2, 0.25) is 0 Å². The van der Waals surface area contributed by atoms with Gasteiger partial charge in [-0.1, -0.05) is 36.8 Å². The molecule has 1 heterocycles. The summed E-state index contributed by atoms with van der Waals surface area (Å²) in [6, 6.07) is 18.0. The van der Waals surface area contributed by atoms with Gasteiger partial charge in [-0.25, -0.2) is 0 Å². The van der Waals surface area contributed by atoms with Gasteiger partial charge in [0, 0.05) is 12.5 Å². The van der Waals surface area contributed by atoms with E-state index in [-0.39, 0.29) is 11.9 Å². The lowest BCUT2D eigenvalue weighted by Crippen LogP contribution is -2.37. The van der Waals surface area contributed by atoms with E-state index in [2.05, 4.69) is 36.2 Å². The minimum absolute atomic E-state index is 0.0336. The number of phenols is 1. The molecule has 0 radical (unpaired) electrons. The van der Waals surface area contributed by atoms with Gasteiger partial charge in [0.1, 0.15) is 17.6 Å². The van der Waals surface area contributed by atoms with Crippen LogP contribution in [-0.4, -0.2) is 29.6 Å². The van der Waals surface area contributed by atoms with Crippen molar-refractivity contribution in [3.8, 4) is 11.5 Å². The average molecular weight is 311 g/mol. The summed E-state index contributed by atoms with van der Waals surface area (Å²) < 4.78 is 6.27. The zero-order chi connectivity index (χ0) is 16.1. The molecule has 0 aromatic heterocycles. The van der Waals surface area contributed by atoms with E-state index < -0.39 is 0 Å². The number of aromatic hydroxyl groups is 1. The third-order valence-electron chi connectivity index (χ3n) is 4.69. The molecular formula is C20H25NO2. The van der Waals surface area contributed by atoms with Crippen LogP contribution in [0.1, 0.15) is 37.4 Å². The summed E-state index contributed by atoms with van der Waals surface area (Å²) in [6.45, 7) is 1.17. The van der Waals surface area contributed by atoms with Crippen molar-refractivity contribution in [3.63, 3.8) is 0 Å². The molecule has 0 spiro atoms. The Morgan fingerprint density at radius 3 is 2.52 bits per heavy atom. The largest absolute Gasteiger partial charge is 0.508 e. The van der Waals surface area contributed by atoms with E-state index in [1.54, 1.807) is 12.1 Å². The molecule has 23 heavy (non-hydrogen) atoms. The summed E-state index contributed by atoms with van der Waals surface area (Å²) in [5.74, 6) is 1.07. The maximum absolute atomic E-state index is 9.44. The van der Waals surface area contributed by atoms with E-state index >= 15 is 0 Å². The number of hydrogen-bond acceptors (Lipinski definition) is 3. The Bertz CT molecular complexity index is 597. The number of benzene rings is 2. The standard InChI is InChI=1S/C20H25NO2/c1-21-14-6-5-9-17(21)15-20(16-7-3-2-4-8-16)23-19-12-10-18(22)11-13-19/h2-4,7-8,10-13,17,20,22H,5-6,9,14-15H2,1H3. The van der Waals surface area contributed by atoms with E-state index in [1.807, 2.05) is 18.2 Å². The first-order valence-electron chi connectivity index (χ1n) is 8.43. The summed E-state index contributed by atoms with van der Waals surface area (Å²) in [5.41, 5.74) is 1.21. The predicted molar refractivity (Wildman–Crippen MR) is 92.8 cm³/mol. The molecule has 2 aromatic carbocycles. The van der Waals surface area contributed by atoms with Gasteiger partial charge in [-0.2, -0.15) is 0 Å². The van der Waals surface area contributed by atoms with Gasteiger partial charge >= 0.3 is 0 Å². The monoisotopic (exact) mass is 311 g/mol. The van der Waals surface area contributed by atoms with Crippen LogP contribution in [0, 0.1) is 0 Å². The molecule has 0 amide bonds. The molecule has 122 valence electrons. The van der Waals surface area contributed by atoms with Crippen molar-refractivity contribution >= 4 is 0 Å². The number of phenolic OH excluding ortho intramolecular Hbond substituents is 1. The van der Waals surface area contributed by atoms with Crippen LogP contribution in [0.3, 0.4) is 0 Å². The van der Waals surface area contributed by atoms with Gasteiger partial charge in [-0.05, 0) is 56.3 Å². The first kappa shape index (κ1) is 15.9. The fourth-order valence-electron chi connectivity index (χ4n) is 3.30. The number of ether oxygens (including phenoxy) is 1. The van der Waals surface area contributed by atoms with Crippen molar-refractivity contribution in [2.45, 2.75) is 37.8 Å². The van der Waals surface area contributed by atoms with Crippen molar-refractivity contribution in [1.82, 2.24) is 4.90 Å². The Hall–Kier alpha value is -2.00. The van der Waals surface area contributed by atoms with E-state index in [9.17, 15) is 5.11 Å². The quantitative estimate of drug-likeness (QED) is 0.889. The minimum atomic E-state index is 0.0336. The maximum atomic E-state index is 9.44. The minimum Gasteiger partial charge on any atom is -0.508 e. The SMILES string of the molecule is CN1CCCCC1CC(Oc1ccc(O)cc1)c1ccccc1. The van der Waals surface area contributed by atoms with Gasteiger partial charge in [0.15, 0.2) is 0 Å². The lowest BCUT2D eigenvalue weighted by Gasteiger charge is -2.35. The van der Waals surface area contributed by atoms with Gasteiger partial charge < -0.3 is 14.7 Å². The summed E-state index contributed by atoms with van der Waals surface area (Å²) in [4.78, 5) is 2.46. The van der Waals surface area contributed by atoms with E-state index in [4.69, 9.17) is 4.74 Å². The number of piperidine rings is 1. The highest BCUT2D eigenvalue weighted by Gasteiger charge is 2.25. The Balaban J connectivity index is 1.77. The van der Waals surface area contributed by atoms with Crippen molar-refractivity contribution in [3.05, 3.63) is 60.2 Å². The molecule has 1 N–H and O–H groups in total. The number of nitrogens with zero attached hydrogens (tertiary/aromatic N) is 1. The van der Waals surface area contributed by atoms with Crippen molar-refractivity contribution in [2.24, 2.45) is 0 Å². The molecular weight excluding hydrogens is 286 g/mol. The normalized spacial score (nSPS) is 20.1. The summed E-state index contributed by atoms with van der Waals surface area (Å²) in [6.07, 6.45) is 4.85. The van der Waals surface area contributed by atoms with Crippen LogP contribution in [0.4, 0.5) is 0 Å².